The number of pyridine rings is 1. The molecule has 2 amide bonds. The number of nitrogens with zero attached hydrogens (tertiary/aromatic N) is 1. The molecule has 0 aliphatic carbocycles. The van der Waals surface area contributed by atoms with E-state index in [1.807, 2.05) is 37.3 Å². The number of amides is 2. The molecule has 6 nitrogen and oxygen atoms in total. The largest absolute Gasteiger partial charge is 0.497 e. The van der Waals surface area contributed by atoms with E-state index in [2.05, 4.69) is 10.3 Å². The molecule has 1 aromatic heterocycles. The second-order valence-corrected chi connectivity index (χ2v) is 7.78. The fraction of sp³-hybridized carbons (Fsp3) is 0.154. The smallest absolute Gasteiger partial charge is 0.322 e. The highest BCUT2D eigenvalue weighted by Gasteiger charge is 2.18. The lowest BCUT2D eigenvalue weighted by Gasteiger charge is -2.23. The predicted octanol–water partition coefficient (Wildman–Crippen LogP) is 5.22. The summed E-state index contributed by atoms with van der Waals surface area (Å²) in [7, 11) is 1.58. The Hall–Kier alpha value is -4.13. The maximum Gasteiger partial charge on any atom is 0.322 e. The standard InChI is InChI=1S/C26H24FN3O3/c1-17-6-5-7-19-14-20(25(31)29-24(17)19)16-30(15-18-10-12-21(33-2)13-11-18)26(32)28-23-9-4-3-8-22(23)27/h3-14H,15-16H2,1-2H3,(H,28,32)(H,29,31). The summed E-state index contributed by atoms with van der Waals surface area (Å²) in [5, 5.41) is 3.49. The van der Waals surface area contributed by atoms with Crippen molar-refractivity contribution in [3.63, 3.8) is 0 Å². The number of fused-ring (bicyclic) bond motifs is 1. The highest BCUT2D eigenvalue weighted by atomic mass is 19.1. The summed E-state index contributed by atoms with van der Waals surface area (Å²) >= 11 is 0. The molecule has 0 radical (unpaired) electrons. The molecular formula is C26H24FN3O3. The van der Waals surface area contributed by atoms with E-state index in [4.69, 9.17) is 4.74 Å². The number of halogens is 1. The molecule has 7 heteroatoms. The van der Waals surface area contributed by atoms with Crippen molar-refractivity contribution in [2.75, 3.05) is 12.4 Å². The normalized spacial score (nSPS) is 10.8. The van der Waals surface area contributed by atoms with E-state index in [1.165, 1.54) is 17.0 Å². The molecule has 4 rings (SSSR count). The lowest BCUT2D eigenvalue weighted by atomic mass is 10.1. The summed E-state index contributed by atoms with van der Waals surface area (Å²) in [4.78, 5) is 30.3. The Bertz CT molecular complexity index is 1350. The molecule has 0 spiro atoms. The second kappa shape index (κ2) is 9.56. The van der Waals surface area contributed by atoms with Gasteiger partial charge in [0.1, 0.15) is 11.6 Å². The number of rotatable bonds is 6. The zero-order valence-corrected chi connectivity index (χ0v) is 18.4. The van der Waals surface area contributed by atoms with E-state index in [0.29, 0.717) is 11.3 Å². The quantitative estimate of drug-likeness (QED) is 0.427. The average molecular weight is 445 g/mol. The number of H-pyrrole nitrogens is 1. The topological polar surface area (TPSA) is 74.4 Å². The number of methoxy groups -OCH3 is 1. The van der Waals surface area contributed by atoms with E-state index in [-0.39, 0.29) is 24.3 Å². The van der Waals surface area contributed by atoms with Crippen LogP contribution in [0.3, 0.4) is 0 Å². The number of anilines is 1. The van der Waals surface area contributed by atoms with Crippen molar-refractivity contribution in [3.8, 4) is 5.75 Å². The van der Waals surface area contributed by atoms with Crippen LogP contribution in [-0.2, 0) is 13.1 Å². The van der Waals surface area contributed by atoms with Crippen LogP contribution in [0.1, 0.15) is 16.7 Å². The van der Waals surface area contributed by atoms with Gasteiger partial charge in [-0.3, -0.25) is 4.79 Å². The van der Waals surface area contributed by atoms with E-state index < -0.39 is 11.8 Å². The van der Waals surface area contributed by atoms with Gasteiger partial charge in [-0.15, -0.1) is 0 Å². The van der Waals surface area contributed by atoms with Gasteiger partial charge in [0.15, 0.2) is 0 Å². The summed E-state index contributed by atoms with van der Waals surface area (Å²) in [6.07, 6.45) is 0. The third kappa shape index (κ3) is 5.03. The van der Waals surface area contributed by atoms with Crippen molar-refractivity contribution in [2.45, 2.75) is 20.0 Å². The van der Waals surface area contributed by atoms with E-state index in [9.17, 15) is 14.0 Å². The van der Waals surface area contributed by atoms with E-state index in [1.54, 1.807) is 37.4 Å². The summed E-state index contributed by atoms with van der Waals surface area (Å²) < 4.78 is 19.3. The van der Waals surface area contributed by atoms with Gasteiger partial charge in [-0.25, -0.2) is 9.18 Å². The highest BCUT2D eigenvalue weighted by Crippen LogP contribution is 2.19. The summed E-state index contributed by atoms with van der Waals surface area (Å²) in [5.74, 6) is 0.164. The minimum absolute atomic E-state index is 0.0472. The number of nitrogens with one attached hydrogen (secondary N) is 2. The van der Waals surface area contributed by atoms with Crippen LogP contribution in [0.15, 0.2) is 77.6 Å². The van der Waals surface area contributed by atoms with Crippen molar-refractivity contribution in [3.05, 3.63) is 106 Å². The molecule has 0 saturated carbocycles. The van der Waals surface area contributed by atoms with Crippen LogP contribution < -0.4 is 15.6 Å². The number of aryl methyl sites for hydroxylation is 1. The molecule has 33 heavy (non-hydrogen) atoms. The van der Waals surface area contributed by atoms with E-state index in [0.717, 1.165) is 22.0 Å². The molecule has 0 saturated heterocycles. The summed E-state index contributed by atoms with van der Waals surface area (Å²) in [5.41, 5.74) is 2.81. The van der Waals surface area contributed by atoms with Gasteiger partial charge in [0.05, 0.1) is 24.9 Å². The first-order valence-corrected chi connectivity index (χ1v) is 10.5. The van der Waals surface area contributed by atoms with Gasteiger partial charge < -0.3 is 19.9 Å². The van der Waals surface area contributed by atoms with Crippen molar-refractivity contribution in [2.24, 2.45) is 0 Å². The first-order chi connectivity index (χ1) is 15.9. The number of carbonyl (C=O) groups excluding carboxylic acids is 1. The number of aromatic nitrogens is 1. The van der Waals surface area contributed by atoms with Gasteiger partial charge in [0.2, 0.25) is 0 Å². The minimum atomic E-state index is -0.533. The Kier molecular flexibility index (Phi) is 6.40. The predicted molar refractivity (Wildman–Crippen MR) is 127 cm³/mol. The SMILES string of the molecule is COc1ccc(CN(Cc2cc3cccc(C)c3[nH]c2=O)C(=O)Nc2ccccc2F)cc1. The average Bonchev–Trinajstić information content (AvgIpc) is 2.81. The molecule has 2 N–H and O–H groups in total. The maximum atomic E-state index is 14.1. The van der Waals surface area contributed by atoms with Crippen molar-refractivity contribution in [1.82, 2.24) is 9.88 Å². The number of hydrogen-bond acceptors (Lipinski definition) is 3. The molecular weight excluding hydrogens is 421 g/mol. The summed E-state index contributed by atoms with van der Waals surface area (Å²) in [6.45, 7) is 2.19. The Morgan fingerprint density at radius 2 is 1.79 bits per heavy atom. The fourth-order valence-corrected chi connectivity index (χ4v) is 3.66. The number of para-hydroxylation sites is 2. The first kappa shape index (κ1) is 22.1. The number of carbonyl (C=O) groups is 1. The van der Waals surface area contributed by atoms with Gasteiger partial charge in [0.25, 0.3) is 5.56 Å². The fourth-order valence-electron chi connectivity index (χ4n) is 3.66. The van der Waals surface area contributed by atoms with Crippen LogP contribution in [0.2, 0.25) is 0 Å². The number of hydrogen-bond donors (Lipinski definition) is 2. The Morgan fingerprint density at radius 3 is 2.52 bits per heavy atom. The molecule has 0 atom stereocenters. The molecule has 0 unspecified atom stereocenters. The zero-order valence-electron chi connectivity index (χ0n) is 18.4. The van der Waals surface area contributed by atoms with Crippen LogP contribution >= 0.6 is 0 Å². The second-order valence-electron chi connectivity index (χ2n) is 7.78. The molecule has 1 heterocycles. The van der Waals surface area contributed by atoms with Crippen LogP contribution in [0, 0.1) is 12.7 Å². The number of ether oxygens (including phenoxy) is 1. The van der Waals surface area contributed by atoms with Crippen LogP contribution in [0.5, 0.6) is 5.75 Å². The first-order valence-electron chi connectivity index (χ1n) is 10.5. The Labute approximate surface area is 190 Å². The maximum absolute atomic E-state index is 14.1. The minimum Gasteiger partial charge on any atom is -0.497 e. The molecule has 3 aromatic carbocycles. The van der Waals surface area contributed by atoms with Crippen LogP contribution in [-0.4, -0.2) is 23.0 Å². The number of aromatic amines is 1. The monoisotopic (exact) mass is 445 g/mol. The molecule has 0 fully saturated rings. The van der Waals surface area contributed by atoms with Crippen LogP contribution in [0.4, 0.5) is 14.9 Å². The zero-order chi connectivity index (χ0) is 23.4. The third-order valence-electron chi connectivity index (χ3n) is 5.46. The number of benzene rings is 3. The lowest BCUT2D eigenvalue weighted by molar-refractivity contribution is 0.206. The molecule has 168 valence electrons. The van der Waals surface area contributed by atoms with Crippen molar-refractivity contribution < 1.29 is 13.9 Å². The van der Waals surface area contributed by atoms with Crippen molar-refractivity contribution >= 4 is 22.6 Å². The highest BCUT2D eigenvalue weighted by molar-refractivity contribution is 5.89. The van der Waals surface area contributed by atoms with Crippen molar-refractivity contribution in [1.29, 1.82) is 0 Å². The van der Waals surface area contributed by atoms with Gasteiger partial charge in [-0.2, -0.15) is 0 Å². The van der Waals surface area contributed by atoms with E-state index >= 15 is 0 Å². The van der Waals surface area contributed by atoms with Gasteiger partial charge >= 0.3 is 6.03 Å². The molecule has 4 aromatic rings. The van der Waals surface area contributed by atoms with Gasteiger partial charge in [-0.05, 0) is 53.8 Å². The Morgan fingerprint density at radius 1 is 1.03 bits per heavy atom. The molecule has 0 aliphatic heterocycles. The third-order valence-corrected chi connectivity index (χ3v) is 5.46. The van der Waals surface area contributed by atoms with Crippen LogP contribution in [0.25, 0.3) is 10.9 Å². The summed E-state index contributed by atoms with van der Waals surface area (Å²) in [6, 6.07) is 20.3. The lowest BCUT2D eigenvalue weighted by Crippen LogP contribution is -2.36. The van der Waals surface area contributed by atoms with Gasteiger partial charge in [-0.1, -0.05) is 42.5 Å². The molecule has 0 aliphatic rings. The molecule has 0 bridgehead atoms. The van der Waals surface area contributed by atoms with Gasteiger partial charge in [0, 0.05) is 12.1 Å². The Balaban J connectivity index is 1.66. The number of urea groups is 1.